The molecule has 5 rings (SSSR count). The van der Waals surface area contributed by atoms with Gasteiger partial charge in [-0.25, -0.2) is 4.79 Å². The van der Waals surface area contributed by atoms with Crippen molar-refractivity contribution in [1.29, 1.82) is 0 Å². The molecule has 2 aromatic heterocycles. The first-order valence-electron chi connectivity index (χ1n) is 12.1. The summed E-state index contributed by atoms with van der Waals surface area (Å²) < 4.78 is 33.6. The average molecular weight is 522 g/mol. The number of carboxylic acids is 1. The third-order valence-electron chi connectivity index (χ3n) is 7.85. The van der Waals surface area contributed by atoms with Crippen molar-refractivity contribution in [1.82, 2.24) is 24.7 Å². The number of amides is 2. The van der Waals surface area contributed by atoms with Gasteiger partial charge in [0.1, 0.15) is 5.69 Å². The lowest BCUT2D eigenvalue weighted by Crippen LogP contribution is -2.53. The van der Waals surface area contributed by atoms with Gasteiger partial charge in [-0.15, -0.1) is 0 Å². The van der Waals surface area contributed by atoms with E-state index in [4.69, 9.17) is 9.90 Å². The van der Waals surface area contributed by atoms with E-state index in [1.165, 1.54) is 5.56 Å². The minimum atomic E-state index is -5.08. The molecule has 2 spiro atoms. The summed E-state index contributed by atoms with van der Waals surface area (Å²) in [5.41, 5.74) is 1.50. The monoisotopic (exact) mass is 521 g/mol. The predicted octanol–water partition coefficient (Wildman–Crippen LogP) is 2.30. The van der Waals surface area contributed by atoms with Gasteiger partial charge in [0.05, 0.1) is 5.41 Å². The van der Waals surface area contributed by atoms with E-state index in [-0.39, 0.29) is 22.6 Å². The maximum atomic E-state index is 13.1. The standard InChI is InChI=1S/C23H29N5O2.C2HF3O2/c1-26-11-3-5-19(26)20(29)28-12-7-22(8-13-28)16-27(15-18-4-2-9-24-14-18)17-23(22)6-10-25-21(23)30;3-2(4,5)1(6)7/h2-5,9,11,14H,6-8,10,12-13,15-17H2,1H3,(H,25,30);(H,6,7). The quantitative estimate of drug-likeness (QED) is 0.642. The summed E-state index contributed by atoms with van der Waals surface area (Å²) >= 11 is 0. The van der Waals surface area contributed by atoms with Gasteiger partial charge in [0.2, 0.25) is 5.91 Å². The molecule has 3 fully saturated rings. The zero-order valence-corrected chi connectivity index (χ0v) is 20.5. The molecule has 2 N–H and O–H groups in total. The lowest BCUT2D eigenvalue weighted by Gasteiger charge is -2.46. The first-order chi connectivity index (χ1) is 17.5. The number of aliphatic carboxylic acids is 1. The van der Waals surface area contributed by atoms with Crippen molar-refractivity contribution >= 4 is 17.8 Å². The average Bonchev–Trinajstić information content (AvgIpc) is 3.53. The molecular weight excluding hydrogens is 491 g/mol. The molecule has 12 heteroatoms. The van der Waals surface area contributed by atoms with Crippen molar-refractivity contribution in [3.8, 4) is 0 Å². The predicted molar refractivity (Wildman–Crippen MR) is 126 cm³/mol. The smallest absolute Gasteiger partial charge is 0.475 e. The molecular formula is C25H30F3N5O4. The van der Waals surface area contributed by atoms with E-state index < -0.39 is 12.1 Å². The minimum Gasteiger partial charge on any atom is -0.475 e. The topological polar surface area (TPSA) is 108 Å². The number of aromatic nitrogens is 2. The molecule has 0 saturated carbocycles. The number of piperidine rings is 1. The lowest BCUT2D eigenvalue weighted by atomic mass is 9.60. The van der Waals surface area contributed by atoms with Crippen LogP contribution in [0.2, 0.25) is 0 Å². The molecule has 1 unspecified atom stereocenters. The number of rotatable bonds is 3. The fourth-order valence-corrected chi connectivity index (χ4v) is 6.00. The maximum Gasteiger partial charge on any atom is 0.490 e. The van der Waals surface area contributed by atoms with E-state index in [1.54, 1.807) is 6.20 Å². The molecule has 2 aromatic rings. The molecule has 3 aliphatic rings. The summed E-state index contributed by atoms with van der Waals surface area (Å²) in [6, 6.07) is 7.85. The third kappa shape index (κ3) is 5.20. The molecule has 3 saturated heterocycles. The highest BCUT2D eigenvalue weighted by Gasteiger charge is 2.63. The summed E-state index contributed by atoms with van der Waals surface area (Å²) in [7, 11) is 1.91. The molecule has 37 heavy (non-hydrogen) atoms. The van der Waals surface area contributed by atoms with Gasteiger partial charge in [0.25, 0.3) is 5.91 Å². The van der Waals surface area contributed by atoms with E-state index in [0.29, 0.717) is 13.1 Å². The highest BCUT2D eigenvalue weighted by Crippen LogP contribution is 2.56. The Morgan fingerprint density at radius 3 is 2.35 bits per heavy atom. The first-order valence-corrected chi connectivity index (χ1v) is 12.1. The zero-order chi connectivity index (χ0) is 26.8. The van der Waals surface area contributed by atoms with Crippen LogP contribution >= 0.6 is 0 Å². The summed E-state index contributed by atoms with van der Waals surface area (Å²) in [5, 5.41) is 10.2. The van der Waals surface area contributed by atoms with E-state index >= 15 is 0 Å². The van der Waals surface area contributed by atoms with Gasteiger partial charge in [-0.05, 0) is 43.0 Å². The molecule has 200 valence electrons. The summed E-state index contributed by atoms with van der Waals surface area (Å²) in [6.45, 7) is 4.68. The fourth-order valence-electron chi connectivity index (χ4n) is 6.00. The molecule has 0 aliphatic carbocycles. The van der Waals surface area contributed by atoms with Gasteiger partial charge in [-0.1, -0.05) is 6.07 Å². The Bertz CT molecular complexity index is 1140. The van der Waals surface area contributed by atoms with Crippen molar-refractivity contribution in [2.45, 2.75) is 32.0 Å². The van der Waals surface area contributed by atoms with Gasteiger partial charge in [0.15, 0.2) is 0 Å². The molecule has 3 aliphatic heterocycles. The number of nitrogens with one attached hydrogen (secondary N) is 1. The van der Waals surface area contributed by atoms with Crippen LogP contribution in [0.15, 0.2) is 42.9 Å². The van der Waals surface area contributed by atoms with Crippen molar-refractivity contribution in [2.75, 3.05) is 32.7 Å². The lowest BCUT2D eigenvalue weighted by molar-refractivity contribution is -0.192. The highest BCUT2D eigenvalue weighted by molar-refractivity contribution is 5.93. The second-order valence-corrected chi connectivity index (χ2v) is 9.97. The molecule has 2 amide bonds. The van der Waals surface area contributed by atoms with Crippen LogP contribution in [0, 0.1) is 10.8 Å². The second-order valence-electron chi connectivity index (χ2n) is 9.97. The Balaban J connectivity index is 0.000000405. The maximum absolute atomic E-state index is 13.1. The minimum absolute atomic E-state index is 0.0687. The van der Waals surface area contributed by atoms with Crippen molar-refractivity contribution in [2.24, 2.45) is 17.9 Å². The Morgan fingerprint density at radius 2 is 1.84 bits per heavy atom. The van der Waals surface area contributed by atoms with Crippen molar-refractivity contribution in [3.63, 3.8) is 0 Å². The number of fused-ring (bicyclic) bond motifs is 1. The molecule has 1 atom stereocenters. The third-order valence-corrected chi connectivity index (χ3v) is 7.85. The number of carbonyl (C=O) groups excluding carboxylic acids is 2. The Kier molecular flexibility index (Phi) is 7.31. The number of aryl methyl sites for hydroxylation is 1. The van der Waals surface area contributed by atoms with Crippen LogP contribution in [0.5, 0.6) is 0 Å². The number of hydrogen-bond donors (Lipinski definition) is 2. The number of halogens is 3. The summed E-state index contributed by atoms with van der Waals surface area (Å²) in [6.07, 6.45) is 3.17. The number of carboxylic acid groups (broad SMARTS) is 1. The SMILES string of the molecule is Cn1cccc1C(=O)N1CCC2(CC1)CN(Cc1cccnc1)CC21CCNC1=O.O=C(O)C(F)(F)F. The zero-order valence-electron chi connectivity index (χ0n) is 20.5. The van der Waals surface area contributed by atoms with Gasteiger partial charge in [0, 0.05) is 70.3 Å². The number of hydrogen-bond acceptors (Lipinski definition) is 5. The Hall–Kier alpha value is -3.41. The highest BCUT2D eigenvalue weighted by atomic mass is 19.4. The van der Waals surface area contributed by atoms with E-state index in [0.717, 1.165) is 51.1 Å². The number of nitrogens with zero attached hydrogens (tertiary/aromatic N) is 4. The van der Waals surface area contributed by atoms with Crippen LogP contribution in [0.1, 0.15) is 35.3 Å². The second kappa shape index (κ2) is 10.2. The summed E-state index contributed by atoms with van der Waals surface area (Å²) in [5.74, 6) is -2.46. The van der Waals surface area contributed by atoms with E-state index in [9.17, 15) is 22.8 Å². The molecule has 0 radical (unpaired) electrons. The number of pyridine rings is 1. The van der Waals surface area contributed by atoms with Crippen LogP contribution in [-0.4, -0.2) is 81.1 Å². The largest absolute Gasteiger partial charge is 0.490 e. The van der Waals surface area contributed by atoms with Gasteiger partial charge in [-0.3, -0.25) is 19.5 Å². The van der Waals surface area contributed by atoms with E-state index in [1.807, 2.05) is 47.1 Å². The fraction of sp³-hybridized carbons (Fsp3) is 0.520. The van der Waals surface area contributed by atoms with Crippen LogP contribution < -0.4 is 5.32 Å². The molecule has 0 aromatic carbocycles. The van der Waals surface area contributed by atoms with Crippen LogP contribution in [-0.2, 0) is 23.2 Å². The molecule has 0 bridgehead atoms. The van der Waals surface area contributed by atoms with E-state index in [2.05, 4.69) is 21.3 Å². The summed E-state index contributed by atoms with van der Waals surface area (Å²) in [4.78, 5) is 43.6. The van der Waals surface area contributed by atoms with Crippen LogP contribution in [0.4, 0.5) is 13.2 Å². The normalized spacial score (nSPS) is 23.1. The number of carbonyl (C=O) groups is 3. The number of alkyl halides is 3. The Labute approximate surface area is 212 Å². The molecule has 9 nitrogen and oxygen atoms in total. The van der Waals surface area contributed by atoms with Crippen molar-refractivity contribution in [3.05, 3.63) is 54.1 Å². The van der Waals surface area contributed by atoms with Gasteiger partial charge >= 0.3 is 12.1 Å². The van der Waals surface area contributed by atoms with Crippen molar-refractivity contribution < 1.29 is 32.7 Å². The van der Waals surface area contributed by atoms with Crippen LogP contribution in [0.25, 0.3) is 0 Å². The van der Waals surface area contributed by atoms with Gasteiger partial charge in [-0.2, -0.15) is 13.2 Å². The molecule has 5 heterocycles. The van der Waals surface area contributed by atoms with Gasteiger partial charge < -0.3 is 19.9 Å². The Morgan fingerprint density at radius 1 is 1.14 bits per heavy atom. The number of likely N-dealkylation sites (tertiary alicyclic amines) is 2. The van der Waals surface area contributed by atoms with Crippen LogP contribution in [0.3, 0.4) is 0 Å². The first kappa shape index (κ1) is 26.6.